The van der Waals surface area contributed by atoms with Crippen molar-refractivity contribution in [2.24, 2.45) is 0 Å². The predicted octanol–water partition coefficient (Wildman–Crippen LogP) is 3.27. The minimum absolute atomic E-state index is 0.0566. The molecule has 1 fully saturated rings. The molecule has 0 spiro atoms. The summed E-state index contributed by atoms with van der Waals surface area (Å²) in [6.45, 7) is 2.26. The standard InChI is InChI=1S/C22H23F3N6O3S/c1-14(32)20-28-18-12-26-21-17(11-27-31(21)35(33,34)16-5-3-2-4-6-16)19(18)30(20)15-7-9-29(13-15)10-8-22(23,24)25/h2-6,11-12,14-15,32H,7-10,13H2,1H3/t14-,15+/m1/s1. The lowest BCUT2D eigenvalue weighted by Gasteiger charge is -2.20. The van der Waals surface area contributed by atoms with Crippen LogP contribution in [0.1, 0.15) is 37.7 Å². The van der Waals surface area contributed by atoms with Gasteiger partial charge in [-0.15, -0.1) is 4.09 Å². The highest BCUT2D eigenvalue weighted by molar-refractivity contribution is 7.90. The second-order valence-corrected chi connectivity index (χ2v) is 10.4. The molecule has 1 saturated heterocycles. The second-order valence-electron chi connectivity index (χ2n) is 8.66. The summed E-state index contributed by atoms with van der Waals surface area (Å²) in [5.74, 6) is 0.343. The Balaban J connectivity index is 1.61. The summed E-state index contributed by atoms with van der Waals surface area (Å²) in [7, 11) is -4.01. The number of hydrogen-bond acceptors (Lipinski definition) is 7. The van der Waals surface area contributed by atoms with Crippen LogP contribution in [0, 0.1) is 0 Å². The van der Waals surface area contributed by atoms with Gasteiger partial charge >= 0.3 is 6.18 Å². The van der Waals surface area contributed by atoms with E-state index in [1.807, 2.05) is 0 Å². The Labute approximate surface area is 198 Å². The molecule has 1 aliphatic rings. The minimum Gasteiger partial charge on any atom is -0.385 e. The number of fused-ring (bicyclic) bond motifs is 3. The van der Waals surface area contributed by atoms with Crippen LogP contribution in [0.25, 0.3) is 22.1 Å². The van der Waals surface area contributed by atoms with Crippen LogP contribution in [0.2, 0.25) is 0 Å². The molecule has 186 valence electrons. The van der Waals surface area contributed by atoms with Crippen molar-refractivity contribution < 1.29 is 26.7 Å². The second kappa shape index (κ2) is 8.57. The first-order chi connectivity index (χ1) is 16.6. The molecule has 0 unspecified atom stereocenters. The van der Waals surface area contributed by atoms with Gasteiger partial charge in [-0.05, 0) is 25.5 Å². The third kappa shape index (κ3) is 4.28. The van der Waals surface area contributed by atoms with E-state index in [1.54, 1.807) is 34.6 Å². The van der Waals surface area contributed by atoms with Gasteiger partial charge < -0.3 is 14.6 Å². The highest BCUT2D eigenvalue weighted by Gasteiger charge is 2.33. The number of aliphatic hydroxyl groups is 1. The van der Waals surface area contributed by atoms with Crippen molar-refractivity contribution in [2.75, 3.05) is 19.6 Å². The smallest absolute Gasteiger partial charge is 0.385 e. The van der Waals surface area contributed by atoms with Gasteiger partial charge in [0.2, 0.25) is 0 Å². The average Bonchev–Trinajstić information content (AvgIpc) is 3.53. The molecular weight excluding hydrogens is 485 g/mol. The Morgan fingerprint density at radius 1 is 1.20 bits per heavy atom. The van der Waals surface area contributed by atoms with Crippen LogP contribution in [-0.4, -0.2) is 68.0 Å². The Morgan fingerprint density at radius 2 is 1.94 bits per heavy atom. The minimum atomic E-state index is -4.23. The molecule has 1 aromatic carbocycles. The van der Waals surface area contributed by atoms with Gasteiger partial charge in [-0.2, -0.15) is 26.7 Å². The number of hydrogen-bond donors (Lipinski definition) is 1. The van der Waals surface area contributed by atoms with Crippen LogP contribution in [0.15, 0.2) is 47.6 Å². The lowest BCUT2D eigenvalue weighted by molar-refractivity contribution is -0.137. The fraction of sp³-hybridized carbons (Fsp3) is 0.409. The molecule has 1 N–H and O–H groups in total. The van der Waals surface area contributed by atoms with Crippen LogP contribution in [0.4, 0.5) is 13.2 Å². The molecule has 0 amide bonds. The van der Waals surface area contributed by atoms with E-state index in [0.29, 0.717) is 41.8 Å². The number of pyridine rings is 1. The van der Waals surface area contributed by atoms with E-state index in [1.165, 1.54) is 24.5 Å². The zero-order valence-electron chi connectivity index (χ0n) is 18.7. The summed E-state index contributed by atoms with van der Waals surface area (Å²) < 4.78 is 67.2. The summed E-state index contributed by atoms with van der Waals surface area (Å²) >= 11 is 0. The highest BCUT2D eigenvalue weighted by Crippen LogP contribution is 2.35. The number of nitrogens with zero attached hydrogens (tertiary/aromatic N) is 6. The maximum absolute atomic E-state index is 13.2. The number of halogens is 3. The molecule has 3 aromatic heterocycles. The molecule has 35 heavy (non-hydrogen) atoms. The summed E-state index contributed by atoms with van der Waals surface area (Å²) in [6, 6.07) is 7.60. The van der Waals surface area contributed by atoms with Crippen molar-refractivity contribution in [3.05, 3.63) is 48.5 Å². The number of aliphatic hydroxyl groups excluding tert-OH is 1. The van der Waals surface area contributed by atoms with Gasteiger partial charge in [-0.3, -0.25) is 0 Å². The fourth-order valence-electron chi connectivity index (χ4n) is 4.60. The normalized spacial score (nSPS) is 18.6. The first-order valence-corrected chi connectivity index (χ1v) is 12.5. The van der Waals surface area contributed by atoms with Crippen LogP contribution >= 0.6 is 0 Å². The van der Waals surface area contributed by atoms with Gasteiger partial charge in [0.25, 0.3) is 10.0 Å². The SMILES string of the molecule is C[C@@H](O)c1nc2cnc3c(cnn3S(=O)(=O)c3ccccc3)c2n1[C@H]1CCN(CCC(F)(F)F)C1. The van der Waals surface area contributed by atoms with E-state index >= 15 is 0 Å². The van der Waals surface area contributed by atoms with Gasteiger partial charge in [-0.1, -0.05) is 18.2 Å². The quantitative estimate of drug-likeness (QED) is 0.426. The van der Waals surface area contributed by atoms with Crippen molar-refractivity contribution in [1.82, 2.24) is 28.6 Å². The van der Waals surface area contributed by atoms with Crippen molar-refractivity contribution in [2.45, 2.75) is 43.0 Å². The van der Waals surface area contributed by atoms with E-state index in [9.17, 15) is 26.7 Å². The van der Waals surface area contributed by atoms with Gasteiger partial charge in [0.15, 0.2) is 5.65 Å². The Kier molecular flexibility index (Phi) is 5.80. The molecule has 0 bridgehead atoms. The van der Waals surface area contributed by atoms with E-state index in [2.05, 4.69) is 15.1 Å². The monoisotopic (exact) mass is 508 g/mol. The topological polar surface area (TPSA) is 106 Å². The van der Waals surface area contributed by atoms with Gasteiger partial charge in [0.1, 0.15) is 17.4 Å². The average molecular weight is 509 g/mol. The zero-order valence-corrected chi connectivity index (χ0v) is 19.5. The third-order valence-corrected chi connectivity index (χ3v) is 7.80. The number of benzene rings is 1. The maximum Gasteiger partial charge on any atom is 0.390 e. The highest BCUT2D eigenvalue weighted by atomic mass is 32.2. The van der Waals surface area contributed by atoms with Gasteiger partial charge in [0, 0.05) is 25.7 Å². The van der Waals surface area contributed by atoms with Crippen molar-refractivity contribution in [3.63, 3.8) is 0 Å². The van der Waals surface area contributed by atoms with Gasteiger partial charge in [0.05, 0.1) is 34.6 Å². The molecule has 0 saturated carbocycles. The van der Waals surface area contributed by atoms with Crippen molar-refractivity contribution >= 4 is 32.1 Å². The summed E-state index contributed by atoms with van der Waals surface area (Å²) in [6.07, 6.45) is -2.71. The van der Waals surface area contributed by atoms with Crippen molar-refractivity contribution in [1.29, 1.82) is 0 Å². The molecule has 5 rings (SSSR count). The predicted molar refractivity (Wildman–Crippen MR) is 121 cm³/mol. The molecule has 1 aliphatic heterocycles. The number of likely N-dealkylation sites (tertiary alicyclic amines) is 1. The molecule has 4 heterocycles. The number of rotatable bonds is 6. The molecule has 0 aliphatic carbocycles. The number of alkyl halides is 3. The van der Waals surface area contributed by atoms with Crippen molar-refractivity contribution in [3.8, 4) is 0 Å². The van der Waals surface area contributed by atoms with E-state index in [-0.39, 0.29) is 23.1 Å². The Hall–Kier alpha value is -3.03. The third-order valence-electron chi connectivity index (χ3n) is 6.21. The lowest BCUT2D eigenvalue weighted by atomic mass is 10.2. The molecule has 13 heteroatoms. The molecule has 2 atom stereocenters. The summed E-state index contributed by atoms with van der Waals surface area (Å²) in [4.78, 5) is 10.6. The van der Waals surface area contributed by atoms with Crippen LogP contribution in [-0.2, 0) is 10.0 Å². The van der Waals surface area contributed by atoms with Crippen LogP contribution < -0.4 is 0 Å². The largest absolute Gasteiger partial charge is 0.390 e. The van der Waals surface area contributed by atoms with E-state index in [0.717, 1.165) is 4.09 Å². The Morgan fingerprint density at radius 3 is 2.63 bits per heavy atom. The summed E-state index contributed by atoms with van der Waals surface area (Å²) in [5.41, 5.74) is 1.09. The fourth-order valence-corrected chi connectivity index (χ4v) is 5.85. The summed E-state index contributed by atoms with van der Waals surface area (Å²) in [5, 5.41) is 15.0. The maximum atomic E-state index is 13.2. The zero-order chi connectivity index (χ0) is 25.0. The van der Waals surface area contributed by atoms with Crippen LogP contribution in [0.5, 0.6) is 0 Å². The molecule has 4 aromatic rings. The molecule has 0 radical (unpaired) electrons. The molecular formula is C22H23F3N6O3S. The lowest BCUT2D eigenvalue weighted by Crippen LogP contribution is -2.27. The molecule has 9 nitrogen and oxygen atoms in total. The number of imidazole rings is 1. The first kappa shape index (κ1) is 23.7. The van der Waals surface area contributed by atoms with Gasteiger partial charge in [-0.25, -0.2) is 9.97 Å². The Bertz CT molecular complexity index is 1480. The van der Waals surface area contributed by atoms with E-state index in [4.69, 9.17) is 0 Å². The van der Waals surface area contributed by atoms with Crippen LogP contribution in [0.3, 0.4) is 0 Å². The van der Waals surface area contributed by atoms with E-state index < -0.39 is 28.7 Å². The first-order valence-electron chi connectivity index (χ1n) is 11.1. The number of aromatic nitrogens is 5.